The number of carbonyl (C=O) groups is 1. The molecule has 0 N–H and O–H groups in total. The lowest BCUT2D eigenvalue weighted by Gasteiger charge is -2.30. The molecule has 2 fully saturated rings. The first-order valence-corrected chi connectivity index (χ1v) is 9.50. The Morgan fingerprint density at radius 1 is 0.862 bits per heavy atom. The molecule has 0 saturated carbocycles. The minimum absolute atomic E-state index is 0.203. The third-order valence-electron chi connectivity index (χ3n) is 4.66. The first-order chi connectivity index (χ1) is 14.2. The van der Waals surface area contributed by atoms with Crippen LogP contribution in [0.1, 0.15) is 10.4 Å². The van der Waals surface area contributed by atoms with Gasteiger partial charge in [0.05, 0.1) is 39.1 Å². The second-order valence-corrected chi connectivity index (χ2v) is 6.53. The maximum absolute atomic E-state index is 11.6. The van der Waals surface area contributed by atoms with Gasteiger partial charge in [-0.2, -0.15) is 15.0 Å². The van der Waals surface area contributed by atoms with Crippen LogP contribution in [-0.2, 0) is 14.2 Å². The number of carbonyl (C=O) groups excluding carboxylic acids is 1. The van der Waals surface area contributed by atoms with Crippen LogP contribution in [0.3, 0.4) is 0 Å². The summed E-state index contributed by atoms with van der Waals surface area (Å²) in [7, 11) is 1.35. The summed E-state index contributed by atoms with van der Waals surface area (Å²) in [5.41, 5.74) is 0.443. The Bertz CT molecular complexity index is 799. The van der Waals surface area contributed by atoms with Gasteiger partial charge in [-0.15, -0.1) is 0 Å². The van der Waals surface area contributed by atoms with Crippen molar-refractivity contribution >= 4 is 17.9 Å². The van der Waals surface area contributed by atoms with Gasteiger partial charge in [-0.25, -0.2) is 4.79 Å². The molecule has 2 aliphatic heterocycles. The molecule has 0 radical (unpaired) electrons. The number of hydrogen-bond acceptors (Lipinski definition) is 10. The predicted octanol–water partition coefficient (Wildman–Crippen LogP) is 1.12. The van der Waals surface area contributed by atoms with Crippen molar-refractivity contribution in [3.63, 3.8) is 0 Å². The number of hydrogen-bond donors (Lipinski definition) is 0. The average Bonchev–Trinajstić information content (AvgIpc) is 2.80. The Hall–Kier alpha value is -2.98. The normalized spacial score (nSPS) is 17.1. The molecule has 0 aliphatic carbocycles. The Balaban J connectivity index is 1.59. The second kappa shape index (κ2) is 9.01. The van der Waals surface area contributed by atoms with E-state index in [1.54, 1.807) is 24.3 Å². The highest BCUT2D eigenvalue weighted by Gasteiger charge is 2.21. The maximum Gasteiger partial charge on any atom is 0.337 e. The number of esters is 1. The zero-order valence-corrected chi connectivity index (χ0v) is 16.2. The molecule has 2 aliphatic rings. The molecule has 0 spiro atoms. The van der Waals surface area contributed by atoms with Crippen molar-refractivity contribution in [3.05, 3.63) is 29.8 Å². The smallest absolute Gasteiger partial charge is 0.337 e. The molecule has 29 heavy (non-hydrogen) atoms. The van der Waals surface area contributed by atoms with Crippen LogP contribution in [0.2, 0.25) is 0 Å². The average molecular weight is 401 g/mol. The highest BCUT2D eigenvalue weighted by molar-refractivity contribution is 5.89. The standard InChI is InChI=1S/C19H23N5O5/c1-26-16(25)14-2-4-15(5-3-14)29-19-21-17(23-6-10-27-11-7-23)20-18(22-19)24-8-12-28-13-9-24/h2-5H,6-13H2,1H3. The molecule has 0 amide bonds. The van der Waals surface area contributed by atoms with Gasteiger partial charge in [0.15, 0.2) is 0 Å². The van der Waals surface area contributed by atoms with Gasteiger partial charge < -0.3 is 28.7 Å². The van der Waals surface area contributed by atoms with Crippen molar-refractivity contribution < 1.29 is 23.7 Å². The summed E-state index contributed by atoms with van der Waals surface area (Å²) in [4.78, 5) is 29.4. The highest BCUT2D eigenvalue weighted by Crippen LogP contribution is 2.24. The molecule has 2 aromatic rings. The van der Waals surface area contributed by atoms with Gasteiger partial charge in [-0.3, -0.25) is 0 Å². The molecular weight excluding hydrogens is 378 g/mol. The van der Waals surface area contributed by atoms with E-state index < -0.39 is 5.97 Å². The first kappa shape index (κ1) is 19.3. The number of ether oxygens (including phenoxy) is 4. The molecule has 3 heterocycles. The van der Waals surface area contributed by atoms with Gasteiger partial charge in [-0.05, 0) is 24.3 Å². The van der Waals surface area contributed by atoms with Crippen molar-refractivity contribution in [2.45, 2.75) is 0 Å². The van der Waals surface area contributed by atoms with Gasteiger partial charge >= 0.3 is 12.0 Å². The van der Waals surface area contributed by atoms with Gasteiger partial charge in [-0.1, -0.05) is 0 Å². The summed E-state index contributed by atoms with van der Waals surface area (Å²) in [6, 6.07) is 6.83. The summed E-state index contributed by atoms with van der Waals surface area (Å²) in [5, 5.41) is 0. The van der Waals surface area contributed by atoms with Gasteiger partial charge in [0.2, 0.25) is 11.9 Å². The SMILES string of the molecule is COC(=O)c1ccc(Oc2nc(N3CCOCC3)nc(N3CCOCC3)n2)cc1. The Morgan fingerprint density at radius 3 is 1.86 bits per heavy atom. The molecule has 4 rings (SSSR count). The number of nitrogens with zero attached hydrogens (tertiary/aromatic N) is 5. The largest absolute Gasteiger partial charge is 0.465 e. The topological polar surface area (TPSA) is 99.1 Å². The van der Waals surface area contributed by atoms with Crippen LogP contribution in [0.15, 0.2) is 24.3 Å². The van der Waals surface area contributed by atoms with E-state index in [1.165, 1.54) is 7.11 Å². The van der Waals surface area contributed by atoms with Crippen LogP contribution in [0.5, 0.6) is 11.8 Å². The zero-order chi connectivity index (χ0) is 20.1. The Morgan fingerprint density at radius 2 is 1.38 bits per heavy atom. The van der Waals surface area contributed by atoms with Crippen LogP contribution >= 0.6 is 0 Å². The molecule has 154 valence electrons. The lowest BCUT2D eigenvalue weighted by Crippen LogP contribution is -2.40. The molecule has 10 heteroatoms. The quantitative estimate of drug-likeness (QED) is 0.678. The molecule has 1 aromatic heterocycles. The monoisotopic (exact) mass is 401 g/mol. The lowest BCUT2D eigenvalue weighted by molar-refractivity contribution is 0.0600. The fourth-order valence-electron chi connectivity index (χ4n) is 3.07. The van der Waals surface area contributed by atoms with E-state index >= 15 is 0 Å². The van der Waals surface area contributed by atoms with Crippen LogP contribution in [0, 0.1) is 0 Å². The van der Waals surface area contributed by atoms with E-state index in [2.05, 4.69) is 24.8 Å². The van der Waals surface area contributed by atoms with Crippen LogP contribution < -0.4 is 14.5 Å². The molecule has 0 unspecified atom stereocenters. The van der Waals surface area contributed by atoms with Gasteiger partial charge in [0.25, 0.3) is 0 Å². The third kappa shape index (κ3) is 4.72. The van der Waals surface area contributed by atoms with E-state index in [4.69, 9.17) is 18.9 Å². The minimum Gasteiger partial charge on any atom is -0.465 e. The number of anilines is 2. The van der Waals surface area contributed by atoms with Gasteiger partial charge in [0, 0.05) is 26.2 Å². The summed E-state index contributed by atoms with van der Waals surface area (Å²) in [6.45, 7) is 5.35. The number of rotatable bonds is 5. The summed E-state index contributed by atoms with van der Waals surface area (Å²) in [5.74, 6) is 1.24. The van der Waals surface area contributed by atoms with Crippen molar-refractivity contribution in [1.29, 1.82) is 0 Å². The summed E-state index contributed by atoms with van der Waals surface area (Å²) in [6.07, 6.45) is 0. The number of benzene rings is 1. The summed E-state index contributed by atoms with van der Waals surface area (Å²) >= 11 is 0. The Kier molecular flexibility index (Phi) is 6.01. The van der Waals surface area contributed by atoms with E-state index in [1.807, 2.05) is 0 Å². The van der Waals surface area contributed by atoms with Crippen molar-refractivity contribution in [2.75, 3.05) is 69.5 Å². The van der Waals surface area contributed by atoms with E-state index in [9.17, 15) is 4.79 Å². The Labute approximate surface area is 168 Å². The number of morpholine rings is 2. The van der Waals surface area contributed by atoms with Crippen LogP contribution in [-0.4, -0.2) is 80.6 Å². The van der Waals surface area contributed by atoms with E-state index in [0.717, 1.165) is 0 Å². The first-order valence-electron chi connectivity index (χ1n) is 9.50. The summed E-state index contributed by atoms with van der Waals surface area (Å²) < 4.78 is 21.4. The minimum atomic E-state index is -0.402. The molecule has 10 nitrogen and oxygen atoms in total. The van der Waals surface area contributed by atoms with Gasteiger partial charge in [0.1, 0.15) is 5.75 Å². The van der Waals surface area contributed by atoms with Crippen LogP contribution in [0.25, 0.3) is 0 Å². The highest BCUT2D eigenvalue weighted by atomic mass is 16.5. The second-order valence-electron chi connectivity index (χ2n) is 6.53. The van der Waals surface area contributed by atoms with E-state index in [0.29, 0.717) is 75.8 Å². The lowest BCUT2D eigenvalue weighted by atomic mass is 10.2. The van der Waals surface area contributed by atoms with E-state index in [-0.39, 0.29) is 6.01 Å². The van der Waals surface area contributed by atoms with Crippen molar-refractivity contribution in [3.8, 4) is 11.8 Å². The molecular formula is C19H23N5O5. The predicted molar refractivity (Wildman–Crippen MR) is 104 cm³/mol. The van der Waals surface area contributed by atoms with Crippen molar-refractivity contribution in [2.24, 2.45) is 0 Å². The molecule has 2 saturated heterocycles. The fraction of sp³-hybridized carbons (Fsp3) is 0.474. The fourth-order valence-corrected chi connectivity index (χ4v) is 3.07. The molecule has 0 atom stereocenters. The molecule has 0 bridgehead atoms. The number of aromatic nitrogens is 3. The van der Waals surface area contributed by atoms with Crippen molar-refractivity contribution in [1.82, 2.24) is 15.0 Å². The maximum atomic E-state index is 11.6. The third-order valence-corrected chi connectivity index (χ3v) is 4.66. The molecule has 1 aromatic carbocycles. The zero-order valence-electron chi connectivity index (χ0n) is 16.2. The number of methoxy groups -OCH3 is 1. The van der Waals surface area contributed by atoms with Crippen LogP contribution in [0.4, 0.5) is 11.9 Å².